The molecule has 0 radical (unpaired) electrons. The van der Waals surface area contributed by atoms with Gasteiger partial charge in [-0.05, 0) is 69.9 Å². The molecular formula is C31H36N4O4. The maximum Gasteiger partial charge on any atom is 0.253 e. The molecule has 2 bridgehead atoms. The zero-order valence-corrected chi connectivity index (χ0v) is 22.8. The molecule has 2 aliphatic heterocycles. The zero-order chi connectivity index (χ0) is 27.4. The van der Waals surface area contributed by atoms with Crippen LogP contribution in [0.15, 0.2) is 60.8 Å². The van der Waals surface area contributed by atoms with Crippen LogP contribution < -0.4 is 25.0 Å². The number of pyridine rings is 1. The first-order valence-corrected chi connectivity index (χ1v) is 13.7. The molecule has 2 aromatic carbocycles. The van der Waals surface area contributed by atoms with E-state index in [0.29, 0.717) is 36.4 Å². The smallest absolute Gasteiger partial charge is 0.253 e. The normalized spacial score (nSPS) is 19.9. The van der Waals surface area contributed by atoms with E-state index in [4.69, 9.17) is 9.47 Å². The molecule has 0 saturated carbocycles. The van der Waals surface area contributed by atoms with E-state index >= 15 is 0 Å². The van der Waals surface area contributed by atoms with Crippen LogP contribution in [0.25, 0.3) is 0 Å². The minimum absolute atomic E-state index is 0.0541. The number of ether oxygens (including phenoxy) is 2. The Morgan fingerprint density at radius 2 is 1.72 bits per heavy atom. The minimum atomic E-state index is -0.169. The minimum Gasteiger partial charge on any atom is -0.496 e. The molecule has 3 atom stereocenters. The van der Waals surface area contributed by atoms with E-state index in [1.807, 2.05) is 68.4 Å². The fourth-order valence-corrected chi connectivity index (χ4v) is 5.91. The van der Waals surface area contributed by atoms with Gasteiger partial charge in [0.15, 0.2) is 0 Å². The lowest BCUT2D eigenvalue weighted by atomic mass is 9.96. The summed E-state index contributed by atoms with van der Waals surface area (Å²) < 4.78 is 11.0. The number of hydrogen-bond donors (Lipinski definition) is 2. The van der Waals surface area contributed by atoms with Gasteiger partial charge in [-0.2, -0.15) is 0 Å². The van der Waals surface area contributed by atoms with Crippen molar-refractivity contribution in [2.45, 2.75) is 64.2 Å². The summed E-state index contributed by atoms with van der Waals surface area (Å²) in [5.74, 6) is 2.16. The van der Waals surface area contributed by atoms with Gasteiger partial charge in [0.05, 0.1) is 19.3 Å². The van der Waals surface area contributed by atoms with Crippen LogP contribution in [-0.4, -0.2) is 48.6 Å². The number of piperidine rings is 1. The molecule has 2 amide bonds. The van der Waals surface area contributed by atoms with Gasteiger partial charge in [0.25, 0.3) is 11.8 Å². The summed E-state index contributed by atoms with van der Waals surface area (Å²) in [5, 5.41) is 6.23. The molecule has 39 heavy (non-hydrogen) atoms. The highest BCUT2D eigenvalue weighted by molar-refractivity contribution is 5.96. The van der Waals surface area contributed by atoms with E-state index < -0.39 is 0 Å². The van der Waals surface area contributed by atoms with E-state index in [2.05, 4.69) is 20.5 Å². The number of carbonyl (C=O) groups excluding carboxylic acids is 2. The first kappa shape index (κ1) is 26.5. The molecule has 8 heteroatoms. The van der Waals surface area contributed by atoms with Crippen molar-refractivity contribution in [1.29, 1.82) is 0 Å². The number of nitrogens with one attached hydrogen (secondary N) is 2. The predicted molar refractivity (Wildman–Crippen MR) is 151 cm³/mol. The molecule has 3 aromatic rings. The summed E-state index contributed by atoms with van der Waals surface area (Å²) in [6.07, 6.45) is 5.53. The Morgan fingerprint density at radius 3 is 2.41 bits per heavy atom. The Morgan fingerprint density at radius 1 is 0.974 bits per heavy atom. The maximum absolute atomic E-state index is 13.0. The van der Waals surface area contributed by atoms with Crippen LogP contribution in [0, 0.1) is 6.92 Å². The average Bonchev–Trinajstić information content (AvgIpc) is 3.22. The molecule has 2 fully saturated rings. The molecule has 2 aliphatic rings. The second kappa shape index (κ2) is 11.8. The van der Waals surface area contributed by atoms with Crippen molar-refractivity contribution in [3.05, 3.63) is 83.0 Å². The maximum atomic E-state index is 13.0. The van der Waals surface area contributed by atoms with Crippen LogP contribution in [0.5, 0.6) is 11.5 Å². The van der Waals surface area contributed by atoms with E-state index in [0.717, 1.165) is 54.1 Å². The van der Waals surface area contributed by atoms with E-state index in [1.54, 1.807) is 13.3 Å². The topological polar surface area (TPSA) is 92.8 Å². The van der Waals surface area contributed by atoms with Crippen molar-refractivity contribution >= 4 is 17.6 Å². The molecule has 0 spiro atoms. The van der Waals surface area contributed by atoms with Crippen LogP contribution in [0.4, 0.5) is 5.82 Å². The van der Waals surface area contributed by atoms with Gasteiger partial charge < -0.3 is 25.0 Å². The molecular weight excluding hydrogens is 492 g/mol. The fourth-order valence-electron chi connectivity index (χ4n) is 5.91. The largest absolute Gasteiger partial charge is 0.496 e. The Kier molecular flexibility index (Phi) is 8.00. The second-order valence-corrected chi connectivity index (χ2v) is 10.2. The number of fused-ring (bicyclic) bond motifs is 2. The summed E-state index contributed by atoms with van der Waals surface area (Å²) in [6, 6.07) is 17.8. The van der Waals surface area contributed by atoms with Crippen molar-refractivity contribution in [3.63, 3.8) is 0 Å². The molecule has 3 heterocycles. The third kappa shape index (κ3) is 5.70. The number of carbonyl (C=O) groups is 2. The highest BCUT2D eigenvalue weighted by Crippen LogP contribution is 2.38. The summed E-state index contributed by atoms with van der Waals surface area (Å²) >= 11 is 0. The molecule has 0 aliphatic carbocycles. The number of rotatable bonds is 9. The number of methoxy groups -OCH3 is 1. The standard InChI is InChI=1S/C31H36N4O4/c1-4-39-28-10-6-5-8-21(28)18-33-30(36)22-12-15-29(32-19-22)35-24-13-14-25(35)17-23(16-24)34-31(37)26-9-7-11-27(38-3)20(26)2/h5-12,15,19,23-25H,4,13-14,16-18H2,1-3H3,(H,33,36)(H,34,37)/t23-,24+,25-. The predicted octanol–water partition coefficient (Wildman–Crippen LogP) is 4.66. The number of amides is 2. The second-order valence-electron chi connectivity index (χ2n) is 10.2. The van der Waals surface area contributed by atoms with Crippen LogP contribution in [-0.2, 0) is 6.54 Å². The molecule has 204 valence electrons. The monoisotopic (exact) mass is 528 g/mol. The highest BCUT2D eigenvalue weighted by atomic mass is 16.5. The Balaban J connectivity index is 1.19. The highest BCUT2D eigenvalue weighted by Gasteiger charge is 2.42. The number of aromatic nitrogens is 1. The third-order valence-electron chi connectivity index (χ3n) is 7.80. The lowest BCUT2D eigenvalue weighted by molar-refractivity contribution is 0.0923. The van der Waals surface area contributed by atoms with Crippen molar-refractivity contribution in [2.75, 3.05) is 18.6 Å². The molecule has 0 unspecified atom stereocenters. The number of anilines is 1. The Labute approximate surface area is 229 Å². The zero-order valence-electron chi connectivity index (χ0n) is 22.8. The van der Waals surface area contributed by atoms with Crippen LogP contribution in [0.3, 0.4) is 0 Å². The number of hydrogen-bond acceptors (Lipinski definition) is 6. The van der Waals surface area contributed by atoms with Crippen LogP contribution in [0.2, 0.25) is 0 Å². The molecule has 2 N–H and O–H groups in total. The number of benzene rings is 2. The quantitative estimate of drug-likeness (QED) is 0.420. The molecule has 2 saturated heterocycles. The fraction of sp³-hybridized carbons (Fsp3) is 0.387. The van der Waals surface area contributed by atoms with Gasteiger partial charge in [-0.3, -0.25) is 9.59 Å². The lowest BCUT2D eigenvalue weighted by Crippen LogP contribution is -2.50. The summed E-state index contributed by atoms with van der Waals surface area (Å²) in [6.45, 7) is 4.81. The molecule has 5 rings (SSSR count). The van der Waals surface area contributed by atoms with Crippen molar-refractivity contribution in [3.8, 4) is 11.5 Å². The Hall–Kier alpha value is -4.07. The van der Waals surface area contributed by atoms with E-state index in [-0.39, 0.29) is 17.9 Å². The van der Waals surface area contributed by atoms with Crippen LogP contribution in [0.1, 0.15) is 64.4 Å². The molecule has 1 aromatic heterocycles. The summed E-state index contributed by atoms with van der Waals surface area (Å²) in [4.78, 5) is 32.9. The SMILES string of the molecule is CCOc1ccccc1CNC(=O)c1ccc(N2[C@@H]3CC[C@H]2C[C@@H](NC(=O)c2cccc(OC)c2C)C3)nc1. The van der Waals surface area contributed by atoms with E-state index in [9.17, 15) is 9.59 Å². The van der Waals surface area contributed by atoms with Crippen molar-refractivity contribution < 1.29 is 19.1 Å². The molecule has 8 nitrogen and oxygen atoms in total. The van der Waals surface area contributed by atoms with Gasteiger partial charge in [0, 0.05) is 47.6 Å². The van der Waals surface area contributed by atoms with Crippen molar-refractivity contribution in [2.24, 2.45) is 0 Å². The first-order chi connectivity index (χ1) is 19.0. The lowest BCUT2D eigenvalue weighted by Gasteiger charge is -2.40. The Bertz CT molecular complexity index is 1310. The van der Waals surface area contributed by atoms with Gasteiger partial charge in [0.2, 0.25) is 0 Å². The summed E-state index contributed by atoms with van der Waals surface area (Å²) in [7, 11) is 1.62. The number of nitrogens with zero attached hydrogens (tertiary/aromatic N) is 2. The van der Waals surface area contributed by atoms with Gasteiger partial charge in [0.1, 0.15) is 17.3 Å². The van der Waals surface area contributed by atoms with Crippen molar-refractivity contribution in [1.82, 2.24) is 15.6 Å². The first-order valence-electron chi connectivity index (χ1n) is 13.7. The van der Waals surface area contributed by atoms with Gasteiger partial charge >= 0.3 is 0 Å². The van der Waals surface area contributed by atoms with Gasteiger partial charge in [-0.1, -0.05) is 24.3 Å². The van der Waals surface area contributed by atoms with Gasteiger partial charge in [-0.15, -0.1) is 0 Å². The summed E-state index contributed by atoms with van der Waals surface area (Å²) in [5.41, 5.74) is 2.96. The average molecular weight is 529 g/mol. The van der Waals surface area contributed by atoms with Crippen LogP contribution >= 0.6 is 0 Å². The number of para-hydroxylation sites is 1. The van der Waals surface area contributed by atoms with E-state index in [1.165, 1.54) is 0 Å². The third-order valence-corrected chi connectivity index (χ3v) is 7.80. The van der Waals surface area contributed by atoms with Gasteiger partial charge in [-0.25, -0.2) is 4.98 Å².